The summed E-state index contributed by atoms with van der Waals surface area (Å²) in [4.78, 5) is 14.3. The minimum atomic E-state index is 0.0196. The molecule has 0 spiro atoms. The Morgan fingerprint density at radius 2 is 1.90 bits per heavy atom. The molecule has 0 bridgehead atoms. The Bertz CT molecular complexity index is 401. The normalized spacial score (nSPS) is 15.8. The van der Waals surface area contributed by atoms with Gasteiger partial charge in [0.25, 0.3) is 0 Å². The van der Waals surface area contributed by atoms with Gasteiger partial charge in [-0.1, -0.05) is 49.6 Å². The second-order valence-corrected chi connectivity index (χ2v) is 5.42. The van der Waals surface area contributed by atoms with Crippen LogP contribution in [-0.4, -0.2) is 30.1 Å². The first kappa shape index (κ1) is 14.9. The van der Waals surface area contributed by atoms with Crippen molar-refractivity contribution in [1.82, 2.24) is 10.2 Å². The highest BCUT2D eigenvalue weighted by molar-refractivity contribution is 5.74. The van der Waals surface area contributed by atoms with Gasteiger partial charge >= 0.3 is 6.03 Å². The highest BCUT2D eigenvalue weighted by Gasteiger charge is 2.24. The van der Waals surface area contributed by atoms with E-state index in [1.807, 2.05) is 35.2 Å². The first-order valence-electron chi connectivity index (χ1n) is 7.59. The number of carbonyl (C=O) groups is 1. The summed E-state index contributed by atoms with van der Waals surface area (Å²) in [5.74, 6) is 0. The molecular weight excluding hydrogens is 250 g/mol. The van der Waals surface area contributed by atoms with Crippen molar-refractivity contribution in [3.8, 4) is 0 Å². The number of rotatable bonds is 5. The molecule has 3 N–H and O–H groups in total. The average molecular weight is 275 g/mol. The summed E-state index contributed by atoms with van der Waals surface area (Å²) in [6.07, 6.45) is 5.95. The Morgan fingerprint density at radius 1 is 1.20 bits per heavy atom. The Hall–Kier alpha value is -1.55. The van der Waals surface area contributed by atoms with Gasteiger partial charge in [0.05, 0.1) is 0 Å². The molecule has 20 heavy (non-hydrogen) atoms. The number of urea groups is 1. The quantitative estimate of drug-likeness (QED) is 0.867. The molecule has 0 heterocycles. The molecule has 110 valence electrons. The predicted octanol–water partition coefficient (Wildman–Crippen LogP) is 2.49. The van der Waals surface area contributed by atoms with E-state index in [-0.39, 0.29) is 6.03 Å². The van der Waals surface area contributed by atoms with Gasteiger partial charge in [-0.3, -0.25) is 0 Å². The zero-order valence-electron chi connectivity index (χ0n) is 12.1. The van der Waals surface area contributed by atoms with E-state index in [9.17, 15) is 4.79 Å². The van der Waals surface area contributed by atoms with E-state index in [4.69, 9.17) is 5.73 Å². The van der Waals surface area contributed by atoms with Crippen molar-refractivity contribution in [2.24, 2.45) is 5.73 Å². The zero-order valence-corrected chi connectivity index (χ0v) is 12.1. The van der Waals surface area contributed by atoms with E-state index in [1.165, 1.54) is 19.3 Å². The molecule has 1 fully saturated rings. The molecule has 0 radical (unpaired) electrons. The van der Waals surface area contributed by atoms with Gasteiger partial charge in [0, 0.05) is 25.7 Å². The maximum Gasteiger partial charge on any atom is 0.317 e. The standard InChI is InChI=1S/C16H25N3O/c17-11-12-19(15-9-5-2-6-10-15)16(20)18-13-14-7-3-1-4-8-14/h1,3-4,7-8,15H,2,5-6,9-13,17H2,(H,18,20). The van der Waals surface area contributed by atoms with Crippen molar-refractivity contribution in [2.45, 2.75) is 44.7 Å². The van der Waals surface area contributed by atoms with Crippen LogP contribution in [0, 0.1) is 0 Å². The zero-order chi connectivity index (χ0) is 14.2. The van der Waals surface area contributed by atoms with Crippen molar-refractivity contribution in [1.29, 1.82) is 0 Å². The van der Waals surface area contributed by atoms with Gasteiger partial charge in [-0.15, -0.1) is 0 Å². The number of amides is 2. The summed E-state index contributed by atoms with van der Waals surface area (Å²) in [7, 11) is 0. The Morgan fingerprint density at radius 3 is 2.55 bits per heavy atom. The number of benzene rings is 1. The van der Waals surface area contributed by atoms with Gasteiger partial charge in [-0.2, -0.15) is 0 Å². The molecule has 2 rings (SSSR count). The first-order valence-corrected chi connectivity index (χ1v) is 7.59. The molecule has 0 aromatic heterocycles. The summed E-state index contributed by atoms with van der Waals surface area (Å²) >= 11 is 0. The average Bonchev–Trinajstić information content (AvgIpc) is 2.52. The Balaban J connectivity index is 1.89. The molecule has 1 saturated carbocycles. The maximum absolute atomic E-state index is 12.4. The number of hydrogen-bond acceptors (Lipinski definition) is 2. The van der Waals surface area contributed by atoms with Crippen molar-refractivity contribution in [3.63, 3.8) is 0 Å². The van der Waals surface area contributed by atoms with E-state index in [0.29, 0.717) is 25.7 Å². The molecular formula is C16H25N3O. The summed E-state index contributed by atoms with van der Waals surface area (Å²) in [6.45, 7) is 1.74. The van der Waals surface area contributed by atoms with Crippen LogP contribution in [0.15, 0.2) is 30.3 Å². The summed E-state index contributed by atoms with van der Waals surface area (Å²) < 4.78 is 0. The third kappa shape index (κ3) is 4.23. The monoisotopic (exact) mass is 275 g/mol. The highest BCUT2D eigenvalue weighted by Crippen LogP contribution is 2.22. The molecule has 0 saturated heterocycles. The molecule has 0 aliphatic heterocycles. The first-order chi connectivity index (χ1) is 9.81. The number of carbonyl (C=O) groups excluding carboxylic acids is 1. The van der Waals surface area contributed by atoms with Crippen LogP contribution in [0.25, 0.3) is 0 Å². The van der Waals surface area contributed by atoms with Crippen LogP contribution in [-0.2, 0) is 6.54 Å². The summed E-state index contributed by atoms with van der Waals surface area (Å²) in [5, 5.41) is 3.01. The van der Waals surface area contributed by atoms with Gasteiger partial charge < -0.3 is 16.0 Å². The van der Waals surface area contributed by atoms with E-state index >= 15 is 0 Å². The van der Waals surface area contributed by atoms with Crippen LogP contribution >= 0.6 is 0 Å². The Labute approximate surface area is 121 Å². The molecule has 1 aliphatic rings. The van der Waals surface area contributed by atoms with Gasteiger partial charge in [-0.05, 0) is 18.4 Å². The molecule has 2 amide bonds. The number of nitrogens with one attached hydrogen (secondary N) is 1. The van der Waals surface area contributed by atoms with E-state index in [0.717, 1.165) is 18.4 Å². The third-order valence-electron chi connectivity index (χ3n) is 3.93. The van der Waals surface area contributed by atoms with Gasteiger partial charge in [0.1, 0.15) is 0 Å². The topological polar surface area (TPSA) is 58.4 Å². The van der Waals surface area contributed by atoms with Crippen molar-refractivity contribution in [3.05, 3.63) is 35.9 Å². The smallest absolute Gasteiger partial charge is 0.317 e. The largest absolute Gasteiger partial charge is 0.334 e. The van der Waals surface area contributed by atoms with Crippen LogP contribution < -0.4 is 11.1 Å². The lowest BCUT2D eigenvalue weighted by molar-refractivity contribution is 0.157. The molecule has 1 aliphatic carbocycles. The molecule has 4 nitrogen and oxygen atoms in total. The fourth-order valence-corrected chi connectivity index (χ4v) is 2.86. The van der Waals surface area contributed by atoms with E-state index in [2.05, 4.69) is 5.32 Å². The fraction of sp³-hybridized carbons (Fsp3) is 0.562. The van der Waals surface area contributed by atoms with E-state index < -0.39 is 0 Å². The number of hydrogen-bond donors (Lipinski definition) is 2. The number of nitrogens with two attached hydrogens (primary N) is 1. The number of nitrogens with zero attached hydrogens (tertiary/aromatic N) is 1. The van der Waals surface area contributed by atoms with Crippen LogP contribution in [0.3, 0.4) is 0 Å². The van der Waals surface area contributed by atoms with Crippen molar-refractivity contribution >= 4 is 6.03 Å². The Kier molecular flexibility index (Phi) is 5.87. The molecule has 1 aromatic carbocycles. The van der Waals surface area contributed by atoms with Crippen molar-refractivity contribution in [2.75, 3.05) is 13.1 Å². The molecule has 0 atom stereocenters. The van der Waals surface area contributed by atoms with E-state index in [1.54, 1.807) is 0 Å². The minimum Gasteiger partial charge on any atom is -0.334 e. The van der Waals surface area contributed by atoms with Gasteiger partial charge in [0.15, 0.2) is 0 Å². The fourth-order valence-electron chi connectivity index (χ4n) is 2.86. The second kappa shape index (κ2) is 7.90. The highest BCUT2D eigenvalue weighted by atomic mass is 16.2. The lowest BCUT2D eigenvalue weighted by Gasteiger charge is -2.34. The molecule has 0 unspecified atom stereocenters. The van der Waals surface area contributed by atoms with Crippen LogP contribution in [0.5, 0.6) is 0 Å². The summed E-state index contributed by atoms with van der Waals surface area (Å²) in [5.41, 5.74) is 6.78. The third-order valence-corrected chi connectivity index (χ3v) is 3.93. The minimum absolute atomic E-state index is 0.0196. The van der Waals surface area contributed by atoms with Crippen LogP contribution in [0.1, 0.15) is 37.7 Å². The van der Waals surface area contributed by atoms with Gasteiger partial charge in [-0.25, -0.2) is 4.79 Å². The summed E-state index contributed by atoms with van der Waals surface area (Å²) in [6, 6.07) is 10.4. The molecule has 1 aromatic rings. The lowest BCUT2D eigenvalue weighted by atomic mass is 9.94. The molecule has 4 heteroatoms. The predicted molar refractivity (Wildman–Crippen MR) is 81.3 cm³/mol. The van der Waals surface area contributed by atoms with Gasteiger partial charge in [0.2, 0.25) is 0 Å². The second-order valence-electron chi connectivity index (χ2n) is 5.42. The SMILES string of the molecule is NCCN(C(=O)NCc1ccccc1)C1CCCCC1. The van der Waals surface area contributed by atoms with Crippen LogP contribution in [0.4, 0.5) is 4.79 Å². The lowest BCUT2D eigenvalue weighted by Crippen LogP contribution is -2.48. The van der Waals surface area contributed by atoms with Crippen LogP contribution in [0.2, 0.25) is 0 Å². The maximum atomic E-state index is 12.4. The van der Waals surface area contributed by atoms with Crippen molar-refractivity contribution < 1.29 is 4.79 Å².